The molecule has 14 heavy (non-hydrogen) atoms. The van der Waals surface area contributed by atoms with Crippen molar-refractivity contribution in [1.82, 2.24) is 0 Å². The molecule has 1 unspecified atom stereocenters. The fraction of sp³-hybridized carbons (Fsp3) is 0.545. The molecule has 1 atom stereocenters. The van der Waals surface area contributed by atoms with Crippen molar-refractivity contribution in [2.45, 2.75) is 20.3 Å². The van der Waals surface area contributed by atoms with E-state index in [1.807, 2.05) is 0 Å². The van der Waals surface area contributed by atoms with Gasteiger partial charge in [-0.25, -0.2) is 0 Å². The first-order valence-electron chi connectivity index (χ1n) is 4.54. The average Bonchev–Trinajstić information content (AvgIpc) is 2.17. The molecule has 0 aliphatic rings. The lowest BCUT2D eigenvalue weighted by Gasteiger charge is -2.26. The molecule has 0 aromatic carbocycles. The highest BCUT2D eigenvalue weighted by Gasteiger charge is 2.37. The first-order chi connectivity index (χ1) is 6.52. The van der Waals surface area contributed by atoms with Gasteiger partial charge in [-0.3, -0.25) is 4.79 Å². The molecule has 0 bridgehead atoms. The zero-order valence-electron chi connectivity index (χ0n) is 9.13. The molecule has 0 saturated carbocycles. The zero-order chi connectivity index (χ0) is 11.2. The summed E-state index contributed by atoms with van der Waals surface area (Å²) in [6.07, 6.45) is 2.11. The summed E-state index contributed by atoms with van der Waals surface area (Å²) in [6, 6.07) is 0. The number of methoxy groups -OCH3 is 1. The summed E-state index contributed by atoms with van der Waals surface area (Å²) in [7, 11) is 1.49. The van der Waals surface area contributed by atoms with Crippen LogP contribution >= 0.6 is 0 Å². The lowest BCUT2D eigenvalue weighted by atomic mass is 9.85. The molecule has 0 amide bonds. The highest BCUT2D eigenvalue weighted by Crippen LogP contribution is 2.32. The van der Waals surface area contributed by atoms with Crippen molar-refractivity contribution in [2.24, 2.45) is 5.41 Å². The molecule has 0 heterocycles. The van der Waals surface area contributed by atoms with Crippen LogP contribution in [0.3, 0.4) is 0 Å². The van der Waals surface area contributed by atoms with Crippen LogP contribution in [0.25, 0.3) is 0 Å². The first kappa shape index (κ1) is 12.8. The maximum Gasteiger partial charge on any atom is 0.319 e. The van der Waals surface area contributed by atoms with E-state index in [1.54, 1.807) is 19.9 Å². The minimum absolute atomic E-state index is 0.327. The lowest BCUT2D eigenvalue weighted by molar-refractivity contribution is -0.153. The van der Waals surface area contributed by atoms with Gasteiger partial charge in [0.2, 0.25) is 0 Å². The Morgan fingerprint density at radius 1 is 1.57 bits per heavy atom. The molecular weight excluding hydrogens is 180 g/mol. The van der Waals surface area contributed by atoms with E-state index in [0.717, 1.165) is 0 Å². The van der Waals surface area contributed by atoms with Gasteiger partial charge in [0.15, 0.2) is 0 Å². The fourth-order valence-corrected chi connectivity index (χ4v) is 1.12. The second kappa shape index (κ2) is 5.47. The number of esters is 1. The fourth-order valence-electron chi connectivity index (χ4n) is 1.12. The van der Waals surface area contributed by atoms with E-state index in [4.69, 9.17) is 9.47 Å². The van der Waals surface area contributed by atoms with Gasteiger partial charge in [-0.15, -0.1) is 6.58 Å². The molecule has 0 aliphatic heterocycles. The number of hydrogen-bond donors (Lipinski definition) is 0. The number of hydrogen-bond acceptors (Lipinski definition) is 3. The van der Waals surface area contributed by atoms with Crippen LogP contribution in [0.1, 0.15) is 20.3 Å². The van der Waals surface area contributed by atoms with E-state index in [0.29, 0.717) is 18.8 Å². The molecule has 0 fully saturated rings. The highest BCUT2D eigenvalue weighted by atomic mass is 16.5. The van der Waals surface area contributed by atoms with E-state index >= 15 is 0 Å². The van der Waals surface area contributed by atoms with Gasteiger partial charge in [-0.05, 0) is 20.3 Å². The normalized spacial score (nSPS) is 13.9. The van der Waals surface area contributed by atoms with Crippen LogP contribution in [0.4, 0.5) is 0 Å². The highest BCUT2D eigenvalue weighted by molar-refractivity contribution is 5.79. The molecule has 0 N–H and O–H groups in total. The second-order valence-electron chi connectivity index (χ2n) is 3.17. The molecule has 0 rings (SSSR count). The Bertz CT molecular complexity index is 233. The van der Waals surface area contributed by atoms with Gasteiger partial charge in [-0.2, -0.15) is 0 Å². The Hall–Kier alpha value is -1.25. The monoisotopic (exact) mass is 198 g/mol. The van der Waals surface area contributed by atoms with Gasteiger partial charge in [0.25, 0.3) is 0 Å². The molecule has 3 nitrogen and oxygen atoms in total. The predicted octanol–water partition coefficient (Wildman–Crippen LogP) is 2.29. The topological polar surface area (TPSA) is 35.5 Å². The summed E-state index contributed by atoms with van der Waals surface area (Å²) in [5, 5.41) is 0. The molecule has 0 radical (unpaired) electrons. The molecule has 0 aliphatic carbocycles. The number of allylic oxidation sites excluding steroid dienone is 1. The van der Waals surface area contributed by atoms with Gasteiger partial charge in [0.05, 0.1) is 13.7 Å². The third-order valence-corrected chi connectivity index (χ3v) is 2.14. The van der Waals surface area contributed by atoms with Gasteiger partial charge < -0.3 is 9.47 Å². The standard InChI is InChI=1S/C11H18O3/c1-6-8-11(4,9(3)13-5)10(12)14-7-2/h6H,1,3,7-8H2,2,4-5H3. The predicted molar refractivity (Wildman–Crippen MR) is 55.7 cm³/mol. The van der Waals surface area contributed by atoms with E-state index in [-0.39, 0.29) is 5.97 Å². The van der Waals surface area contributed by atoms with E-state index < -0.39 is 5.41 Å². The summed E-state index contributed by atoms with van der Waals surface area (Å²) in [5.41, 5.74) is -0.827. The molecule has 80 valence electrons. The van der Waals surface area contributed by atoms with Crippen molar-refractivity contribution in [1.29, 1.82) is 0 Å². The lowest BCUT2D eigenvalue weighted by Crippen LogP contribution is -2.32. The smallest absolute Gasteiger partial charge is 0.319 e. The number of ether oxygens (including phenoxy) is 2. The quantitative estimate of drug-likeness (QED) is 0.373. The van der Waals surface area contributed by atoms with Crippen molar-refractivity contribution in [2.75, 3.05) is 13.7 Å². The van der Waals surface area contributed by atoms with Gasteiger partial charge in [0, 0.05) is 0 Å². The maximum atomic E-state index is 11.6. The number of rotatable bonds is 6. The maximum absolute atomic E-state index is 11.6. The van der Waals surface area contributed by atoms with Gasteiger partial charge in [0.1, 0.15) is 11.2 Å². The zero-order valence-corrected chi connectivity index (χ0v) is 9.13. The largest absolute Gasteiger partial charge is 0.501 e. The Kier molecular flexibility index (Phi) is 4.99. The van der Waals surface area contributed by atoms with Crippen molar-refractivity contribution in [3.63, 3.8) is 0 Å². The summed E-state index contributed by atoms with van der Waals surface area (Å²) < 4.78 is 9.95. The van der Waals surface area contributed by atoms with Crippen LogP contribution in [0, 0.1) is 5.41 Å². The molecular formula is C11H18O3. The van der Waals surface area contributed by atoms with Crippen molar-refractivity contribution in [3.8, 4) is 0 Å². The van der Waals surface area contributed by atoms with Crippen LogP contribution in [-0.4, -0.2) is 19.7 Å². The van der Waals surface area contributed by atoms with E-state index in [9.17, 15) is 4.79 Å². The van der Waals surface area contributed by atoms with Gasteiger partial charge in [-0.1, -0.05) is 12.7 Å². The third-order valence-electron chi connectivity index (χ3n) is 2.14. The second-order valence-corrected chi connectivity index (χ2v) is 3.17. The number of carbonyl (C=O) groups is 1. The molecule has 3 heteroatoms. The Morgan fingerprint density at radius 2 is 2.14 bits per heavy atom. The first-order valence-corrected chi connectivity index (χ1v) is 4.54. The Balaban J connectivity index is 4.78. The van der Waals surface area contributed by atoms with Crippen molar-refractivity contribution in [3.05, 3.63) is 25.0 Å². The van der Waals surface area contributed by atoms with E-state index in [1.165, 1.54) is 7.11 Å². The molecule has 0 aromatic rings. The Morgan fingerprint density at radius 3 is 2.50 bits per heavy atom. The summed E-state index contributed by atoms with van der Waals surface area (Å²) in [4.78, 5) is 11.6. The minimum atomic E-state index is -0.827. The molecule has 0 spiro atoms. The third kappa shape index (κ3) is 2.62. The SMILES string of the molecule is C=CCC(C)(C(=C)OC)C(=O)OCC. The number of carbonyl (C=O) groups excluding carboxylic acids is 1. The van der Waals surface area contributed by atoms with Crippen LogP contribution in [-0.2, 0) is 14.3 Å². The molecule has 0 saturated heterocycles. The van der Waals surface area contributed by atoms with Gasteiger partial charge >= 0.3 is 5.97 Å². The van der Waals surface area contributed by atoms with Crippen LogP contribution < -0.4 is 0 Å². The summed E-state index contributed by atoms with van der Waals surface area (Å²) in [6.45, 7) is 11.1. The summed E-state index contributed by atoms with van der Waals surface area (Å²) >= 11 is 0. The minimum Gasteiger partial charge on any atom is -0.501 e. The van der Waals surface area contributed by atoms with Crippen molar-refractivity contribution >= 4 is 5.97 Å². The molecule has 0 aromatic heterocycles. The van der Waals surface area contributed by atoms with Crippen LogP contribution in [0.5, 0.6) is 0 Å². The van der Waals surface area contributed by atoms with E-state index in [2.05, 4.69) is 13.2 Å². The average molecular weight is 198 g/mol. The summed E-state index contributed by atoms with van der Waals surface area (Å²) in [5.74, 6) is 0.0719. The Labute approximate surface area is 85.4 Å². The van der Waals surface area contributed by atoms with Crippen LogP contribution in [0.2, 0.25) is 0 Å². The van der Waals surface area contributed by atoms with Crippen LogP contribution in [0.15, 0.2) is 25.0 Å². The van der Waals surface area contributed by atoms with Crippen molar-refractivity contribution < 1.29 is 14.3 Å².